The maximum Gasteiger partial charge on any atom is 0.240 e. The molecule has 0 aromatic rings. The number of likely N-dealkylation sites (N-methyl/N-ethyl adjacent to an activating group) is 2. The zero-order valence-corrected chi connectivity index (χ0v) is 13.4. The van der Waals surface area contributed by atoms with Crippen molar-refractivity contribution in [3.8, 4) is 0 Å². The van der Waals surface area contributed by atoms with E-state index in [9.17, 15) is 9.59 Å². The molecule has 0 spiro atoms. The van der Waals surface area contributed by atoms with Crippen LogP contribution < -0.4 is 10.6 Å². The molecule has 0 radical (unpaired) electrons. The summed E-state index contributed by atoms with van der Waals surface area (Å²) in [5.74, 6) is 0.771. The lowest BCUT2D eigenvalue weighted by molar-refractivity contribution is -0.138. The first-order chi connectivity index (χ1) is 10.2. The number of hydrogen-bond acceptors (Lipinski definition) is 3. The maximum atomic E-state index is 12.6. The first-order valence-electron chi connectivity index (χ1n) is 8.47. The Bertz CT molecular complexity index is 373. The first kappa shape index (κ1) is 16.3. The molecule has 2 aliphatic rings. The van der Waals surface area contributed by atoms with Crippen molar-refractivity contribution in [3.63, 3.8) is 0 Å². The van der Waals surface area contributed by atoms with Crippen molar-refractivity contribution in [3.05, 3.63) is 0 Å². The molecule has 21 heavy (non-hydrogen) atoms. The molecule has 3 unspecified atom stereocenters. The molecule has 1 heterocycles. The molecule has 1 aliphatic heterocycles. The van der Waals surface area contributed by atoms with Crippen molar-refractivity contribution < 1.29 is 9.59 Å². The van der Waals surface area contributed by atoms with Gasteiger partial charge in [-0.15, -0.1) is 0 Å². The van der Waals surface area contributed by atoms with Gasteiger partial charge in [0.2, 0.25) is 11.8 Å². The average molecular weight is 295 g/mol. The molecule has 5 heteroatoms. The van der Waals surface area contributed by atoms with Crippen LogP contribution in [0.25, 0.3) is 0 Å². The lowest BCUT2D eigenvalue weighted by Gasteiger charge is -2.41. The Balaban J connectivity index is 1.90. The lowest BCUT2D eigenvalue weighted by Crippen LogP contribution is -2.56. The number of piperidine rings is 1. The lowest BCUT2D eigenvalue weighted by atomic mass is 9.77. The summed E-state index contributed by atoms with van der Waals surface area (Å²) >= 11 is 0. The van der Waals surface area contributed by atoms with Crippen molar-refractivity contribution >= 4 is 11.8 Å². The monoisotopic (exact) mass is 295 g/mol. The number of nitrogens with zero attached hydrogens (tertiary/aromatic N) is 1. The molecule has 2 N–H and O–H groups in total. The number of fused-ring (bicyclic) bond motifs is 1. The molecule has 0 aromatic heterocycles. The van der Waals surface area contributed by atoms with Crippen LogP contribution in [-0.4, -0.2) is 48.4 Å². The summed E-state index contributed by atoms with van der Waals surface area (Å²) in [7, 11) is 0. The largest absolute Gasteiger partial charge is 0.355 e. The van der Waals surface area contributed by atoms with Crippen molar-refractivity contribution in [2.45, 2.75) is 64.5 Å². The van der Waals surface area contributed by atoms with E-state index in [1.165, 1.54) is 25.7 Å². The minimum absolute atomic E-state index is 0.0703. The fraction of sp³-hybridized carbons (Fsp3) is 0.875. The van der Waals surface area contributed by atoms with Gasteiger partial charge in [-0.05, 0) is 45.4 Å². The SMILES string of the molecule is CCNC(=O)CN(CC)C(=O)C1CCC2CCCCC2N1. The normalized spacial score (nSPS) is 28.6. The molecule has 3 atom stereocenters. The third-order valence-electron chi connectivity index (χ3n) is 4.85. The second-order valence-electron chi connectivity index (χ2n) is 6.25. The standard InChI is InChI=1S/C16H29N3O2/c1-3-17-15(20)11-19(4-2)16(21)14-10-9-12-7-5-6-8-13(12)18-14/h12-14,18H,3-11H2,1-2H3,(H,17,20). The van der Waals surface area contributed by atoms with Crippen LogP contribution in [0.5, 0.6) is 0 Å². The maximum absolute atomic E-state index is 12.6. The topological polar surface area (TPSA) is 61.4 Å². The van der Waals surface area contributed by atoms with Crippen LogP contribution in [0.4, 0.5) is 0 Å². The van der Waals surface area contributed by atoms with E-state index in [0.717, 1.165) is 18.8 Å². The zero-order chi connectivity index (χ0) is 15.2. The molecular weight excluding hydrogens is 266 g/mol. The Morgan fingerprint density at radius 2 is 1.90 bits per heavy atom. The molecule has 120 valence electrons. The average Bonchev–Trinajstić information content (AvgIpc) is 2.51. The summed E-state index contributed by atoms with van der Waals surface area (Å²) in [6.45, 7) is 5.19. The molecule has 2 amide bonds. The van der Waals surface area contributed by atoms with E-state index in [1.54, 1.807) is 4.90 Å². The predicted octanol–water partition coefficient (Wildman–Crippen LogP) is 1.28. The van der Waals surface area contributed by atoms with Crippen molar-refractivity contribution in [2.24, 2.45) is 5.92 Å². The van der Waals surface area contributed by atoms with Gasteiger partial charge < -0.3 is 15.5 Å². The minimum atomic E-state index is -0.0984. The Hall–Kier alpha value is -1.10. The predicted molar refractivity (Wildman–Crippen MR) is 82.8 cm³/mol. The number of carbonyl (C=O) groups is 2. The second kappa shape index (κ2) is 7.78. The highest BCUT2D eigenvalue weighted by atomic mass is 16.2. The van der Waals surface area contributed by atoms with Gasteiger partial charge in [0, 0.05) is 19.1 Å². The van der Waals surface area contributed by atoms with Crippen LogP contribution in [0, 0.1) is 5.92 Å². The van der Waals surface area contributed by atoms with E-state index in [0.29, 0.717) is 19.1 Å². The van der Waals surface area contributed by atoms with Gasteiger partial charge in [0.15, 0.2) is 0 Å². The molecule has 0 aromatic carbocycles. The van der Waals surface area contributed by atoms with Gasteiger partial charge in [0.05, 0.1) is 12.6 Å². The Morgan fingerprint density at radius 1 is 1.14 bits per heavy atom. The van der Waals surface area contributed by atoms with E-state index in [1.807, 2.05) is 13.8 Å². The number of amides is 2. The van der Waals surface area contributed by atoms with Crippen molar-refractivity contribution in [2.75, 3.05) is 19.6 Å². The van der Waals surface area contributed by atoms with Gasteiger partial charge in [-0.25, -0.2) is 0 Å². The van der Waals surface area contributed by atoms with E-state index in [2.05, 4.69) is 10.6 Å². The Labute approximate surface area is 127 Å². The highest BCUT2D eigenvalue weighted by molar-refractivity contribution is 5.87. The quantitative estimate of drug-likeness (QED) is 0.803. The van der Waals surface area contributed by atoms with E-state index in [-0.39, 0.29) is 24.4 Å². The number of carbonyl (C=O) groups excluding carboxylic acids is 2. The zero-order valence-electron chi connectivity index (χ0n) is 13.4. The summed E-state index contributed by atoms with van der Waals surface area (Å²) in [6, 6.07) is 0.406. The molecular formula is C16H29N3O2. The summed E-state index contributed by atoms with van der Waals surface area (Å²) < 4.78 is 0. The third kappa shape index (κ3) is 4.19. The summed E-state index contributed by atoms with van der Waals surface area (Å²) in [6.07, 6.45) is 7.15. The third-order valence-corrected chi connectivity index (χ3v) is 4.85. The van der Waals surface area contributed by atoms with E-state index < -0.39 is 0 Å². The van der Waals surface area contributed by atoms with E-state index in [4.69, 9.17) is 0 Å². The van der Waals surface area contributed by atoms with Crippen molar-refractivity contribution in [1.82, 2.24) is 15.5 Å². The van der Waals surface area contributed by atoms with Crippen LogP contribution in [0.2, 0.25) is 0 Å². The van der Waals surface area contributed by atoms with Gasteiger partial charge in [-0.1, -0.05) is 12.8 Å². The highest BCUT2D eigenvalue weighted by Crippen LogP contribution is 2.32. The highest BCUT2D eigenvalue weighted by Gasteiger charge is 2.35. The Morgan fingerprint density at radius 3 is 2.62 bits per heavy atom. The number of rotatable bonds is 5. The van der Waals surface area contributed by atoms with Gasteiger partial charge in [-0.2, -0.15) is 0 Å². The molecule has 1 saturated carbocycles. The van der Waals surface area contributed by atoms with Crippen LogP contribution in [0.3, 0.4) is 0 Å². The van der Waals surface area contributed by atoms with Gasteiger partial charge >= 0.3 is 0 Å². The molecule has 1 saturated heterocycles. The summed E-state index contributed by atoms with van der Waals surface area (Å²) in [4.78, 5) is 26.0. The molecule has 2 fully saturated rings. The second-order valence-corrected chi connectivity index (χ2v) is 6.25. The fourth-order valence-electron chi connectivity index (χ4n) is 3.68. The first-order valence-corrected chi connectivity index (χ1v) is 8.47. The van der Waals surface area contributed by atoms with Gasteiger partial charge in [-0.3, -0.25) is 9.59 Å². The van der Waals surface area contributed by atoms with Crippen LogP contribution in [0.1, 0.15) is 52.4 Å². The van der Waals surface area contributed by atoms with Gasteiger partial charge in [0.1, 0.15) is 0 Å². The summed E-state index contributed by atoms with van der Waals surface area (Å²) in [5, 5.41) is 6.31. The number of nitrogens with one attached hydrogen (secondary N) is 2. The van der Waals surface area contributed by atoms with Crippen molar-refractivity contribution in [1.29, 1.82) is 0 Å². The van der Waals surface area contributed by atoms with Gasteiger partial charge in [0.25, 0.3) is 0 Å². The van der Waals surface area contributed by atoms with E-state index >= 15 is 0 Å². The fourth-order valence-corrected chi connectivity index (χ4v) is 3.68. The number of hydrogen-bond donors (Lipinski definition) is 2. The molecule has 0 bridgehead atoms. The molecule has 1 aliphatic carbocycles. The van der Waals surface area contributed by atoms with Crippen LogP contribution in [-0.2, 0) is 9.59 Å². The minimum Gasteiger partial charge on any atom is -0.355 e. The van der Waals surface area contributed by atoms with Crippen LogP contribution >= 0.6 is 0 Å². The smallest absolute Gasteiger partial charge is 0.240 e. The Kier molecular flexibility index (Phi) is 6.03. The van der Waals surface area contributed by atoms with Crippen LogP contribution in [0.15, 0.2) is 0 Å². The molecule has 2 rings (SSSR count). The molecule has 5 nitrogen and oxygen atoms in total. The summed E-state index contributed by atoms with van der Waals surface area (Å²) in [5.41, 5.74) is 0.